The Bertz CT molecular complexity index is 501. The zero-order chi connectivity index (χ0) is 12.8. The van der Waals surface area contributed by atoms with E-state index in [0.717, 1.165) is 0 Å². The fourth-order valence-corrected chi connectivity index (χ4v) is 1.30. The summed E-state index contributed by atoms with van der Waals surface area (Å²) >= 11 is 0. The molecule has 0 saturated carbocycles. The van der Waals surface area contributed by atoms with Crippen molar-refractivity contribution in [3.63, 3.8) is 0 Å². The maximum absolute atomic E-state index is 13.1. The lowest BCUT2D eigenvalue weighted by molar-refractivity contribution is -0.137. The van der Waals surface area contributed by atoms with Gasteiger partial charge < -0.3 is 4.74 Å². The molecule has 1 aromatic carbocycles. The number of carbonyl (C=O) groups excluding carboxylic acids is 1. The first kappa shape index (κ1) is 12.9. The van der Waals surface area contributed by atoms with E-state index < -0.39 is 11.8 Å². The van der Waals surface area contributed by atoms with Crippen molar-refractivity contribution in [1.82, 2.24) is 0 Å². The van der Waals surface area contributed by atoms with Gasteiger partial charge in [0.05, 0.1) is 12.2 Å². The molecule has 1 rings (SSSR count). The van der Waals surface area contributed by atoms with Crippen LogP contribution in [0.1, 0.15) is 25.0 Å². The van der Waals surface area contributed by atoms with Gasteiger partial charge in [0.2, 0.25) is 0 Å². The van der Waals surface area contributed by atoms with Crippen molar-refractivity contribution in [2.75, 3.05) is 6.61 Å². The number of hydrogen-bond acceptors (Lipinski definition) is 3. The first-order chi connectivity index (χ1) is 8.08. The average Bonchev–Trinajstić information content (AvgIpc) is 2.29. The van der Waals surface area contributed by atoms with Gasteiger partial charge in [-0.05, 0) is 37.1 Å². The second-order valence-electron chi connectivity index (χ2n) is 3.39. The fraction of sp³-hybridized carbons (Fsp3) is 0.231. The summed E-state index contributed by atoms with van der Waals surface area (Å²) in [7, 11) is 0. The van der Waals surface area contributed by atoms with Crippen molar-refractivity contribution in [3.05, 3.63) is 41.2 Å². The van der Waals surface area contributed by atoms with Crippen LogP contribution < -0.4 is 0 Å². The molecule has 0 heterocycles. The summed E-state index contributed by atoms with van der Waals surface area (Å²) in [5.74, 6) is -1.02. The molecule has 0 aliphatic carbocycles. The third-order valence-electron chi connectivity index (χ3n) is 2.16. The minimum Gasteiger partial charge on any atom is -0.463 e. The van der Waals surface area contributed by atoms with Gasteiger partial charge in [0.1, 0.15) is 11.9 Å². The Morgan fingerprint density at radius 3 is 2.88 bits per heavy atom. The van der Waals surface area contributed by atoms with E-state index in [1.54, 1.807) is 19.9 Å². The molecule has 17 heavy (non-hydrogen) atoms. The van der Waals surface area contributed by atoms with E-state index >= 15 is 0 Å². The minimum atomic E-state index is -0.569. The van der Waals surface area contributed by atoms with Crippen LogP contribution in [0.4, 0.5) is 4.39 Å². The van der Waals surface area contributed by atoms with Gasteiger partial charge in [-0.1, -0.05) is 6.07 Å². The number of carbonyl (C=O) groups is 1. The summed E-state index contributed by atoms with van der Waals surface area (Å²) < 4.78 is 17.8. The predicted molar refractivity (Wildman–Crippen MR) is 61.4 cm³/mol. The standard InChI is InChI=1S/C13H12FNO2/c1-3-17-13(16)6-9(2)10-4-5-12(14)11(7-10)8-15/h4-7H,3H2,1-2H3/b9-6+. The first-order valence-electron chi connectivity index (χ1n) is 5.13. The highest BCUT2D eigenvalue weighted by Gasteiger charge is 2.05. The third kappa shape index (κ3) is 3.42. The third-order valence-corrected chi connectivity index (χ3v) is 2.16. The number of nitriles is 1. The van der Waals surface area contributed by atoms with Gasteiger partial charge in [-0.2, -0.15) is 5.26 Å². The molecule has 0 N–H and O–H groups in total. The van der Waals surface area contributed by atoms with E-state index in [9.17, 15) is 9.18 Å². The molecule has 0 unspecified atom stereocenters. The van der Waals surface area contributed by atoms with Crippen molar-refractivity contribution in [3.8, 4) is 6.07 Å². The van der Waals surface area contributed by atoms with Crippen molar-refractivity contribution in [2.24, 2.45) is 0 Å². The van der Waals surface area contributed by atoms with E-state index in [0.29, 0.717) is 17.7 Å². The molecular formula is C13H12FNO2. The van der Waals surface area contributed by atoms with Crippen LogP contribution in [0.3, 0.4) is 0 Å². The van der Waals surface area contributed by atoms with Gasteiger partial charge in [0, 0.05) is 6.08 Å². The Hall–Kier alpha value is -2.15. The molecule has 3 nitrogen and oxygen atoms in total. The van der Waals surface area contributed by atoms with Crippen LogP contribution in [-0.2, 0) is 9.53 Å². The molecule has 0 fully saturated rings. The highest BCUT2D eigenvalue weighted by Crippen LogP contribution is 2.17. The zero-order valence-corrected chi connectivity index (χ0v) is 9.66. The maximum Gasteiger partial charge on any atom is 0.331 e. The number of benzene rings is 1. The van der Waals surface area contributed by atoms with E-state index in [4.69, 9.17) is 10.00 Å². The van der Waals surface area contributed by atoms with Crippen molar-refractivity contribution >= 4 is 11.5 Å². The fourth-order valence-electron chi connectivity index (χ4n) is 1.30. The van der Waals surface area contributed by atoms with Gasteiger partial charge in [-0.3, -0.25) is 0 Å². The first-order valence-corrected chi connectivity index (χ1v) is 5.13. The number of allylic oxidation sites excluding steroid dienone is 1. The average molecular weight is 233 g/mol. The Morgan fingerprint density at radius 2 is 2.29 bits per heavy atom. The van der Waals surface area contributed by atoms with Gasteiger partial charge in [0.25, 0.3) is 0 Å². The quantitative estimate of drug-likeness (QED) is 0.595. The maximum atomic E-state index is 13.1. The van der Waals surface area contributed by atoms with Gasteiger partial charge in [0.15, 0.2) is 0 Å². The highest BCUT2D eigenvalue weighted by atomic mass is 19.1. The van der Waals surface area contributed by atoms with Crippen molar-refractivity contribution in [2.45, 2.75) is 13.8 Å². The van der Waals surface area contributed by atoms with Crippen LogP contribution in [-0.4, -0.2) is 12.6 Å². The smallest absolute Gasteiger partial charge is 0.331 e. The van der Waals surface area contributed by atoms with E-state index in [2.05, 4.69) is 0 Å². The Kier molecular flexibility index (Phi) is 4.41. The molecular weight excluding hydrogens is 221 g/mol. The van der Waals surface area contributed by atoms with E-state index in [1.165, 1.54) is 24.3 Å². The second-order valence-corrected chi connectivity index (χ2v) is 3.39. The Labute approximate surface area is 99.1 Å². The lowest BCUT2D eigenvalue weighted by Crippen LogP contribution is -2.00. The number of esters is 1. The van der Waals surface area contributed by atoms with Crippen LogP contribution in [0.15, 0.2) is 24.3 Å². The molecule has 0 amide bonds. The van der Waals surface area contributed by atoms with E-state index in [-0.39, 0.29) is 5.56 Å². The van der Waals surface area contributed by atoms with Crippen LogP contribution in [0.5, 0.6) is 0 Å². The molecule has 0 radical (unpaired) electrons. The summed E-state index contributed by atoms with van der Waals surface area (Å²) in [5.41, 5.74) is 1.20. The lowest BCUT2D eigenvalue weighted by Gasteiger charge is -2.03. The van der Waals surface area contributed by atoms with Gasteiger partial charge >= 0.3 is 5.97 Å². The monoisotopic (exact) mass is 233 g/mol. The lowest BCUT2D eigenvalue weighted by atomic mass is 10.0. The molecule has 88 valence electrons. The number of rotatable bonds is 3. The number of halogens is 1. The molecule has 0 atom stereocenters. The SMILES string of the molecule is CCOC(=O)/C=C(\C)c1ccc(F)c(C#N)c1. The largest absolute Gasteiger partial charge is 0.463 e. The van der Waals surface area contributed by atoms with Crippen LogP contribution in [0.2, 0.25) is 0 Å². The molecule has 0 saturated heterocycles. The normalized spacial score (nSPS) is 10.8. The summed E-state index contributed by atoms with van der Waals surface area (Å²) in [6.07, 6.45) is 1.32. The molecule has 1 aromatic rings. The summed E-state index contributed by atoms with van der Waals surface area (Å²) in [6.45, 7) is 3.72. The molecule has 4 heteroatoms. The highest BCUT2D eigenvalue weighted by molar-refractivity contribution is 5.90. The topological polar surface area (TPSA) is 50.1 Å². The van der Waals surface area contributed by atoms with Gasteiger partial charge in [-0.25, -0.2) is 9.18 Å². The van der Waals surface area contributed by atoms with Gasteiger partial charge in [-0.15, -0.1) is 0 Å². The van der Waals surface area contributed by atoms with Crippen molar-refractivity contribution in [1.29, 1.82) is 5.26 Å². The summed E-state index contributed by atoms with van der Waals surface area (Å²) in [4.78, 5) is 11.2. The van der Waals surface area contributed by atoms with Crippen LogP contribution >= 0.6 is 0 Å². The van der Waals surface area contributed by atoms with E-state index in [1.807, 2.05) is 0 Å². The zero-order valence-electron chi connectivity index (χ0n) is 9.66. The minimum absolute atomic E-state index is 0.0425. The number of hydrogen-bond donors (Lipinski definition) is 0. The van der Waals surface area contributed by atoms with Crippen molar-refractivity contribution < 1.29 is 13.9 Å². The summed E-state index contributed by atoms with van der Waals surface area (Å²) in [5, 5.41) is 8.69. The predicted octanol–water partition coefficient (Wildman–Crippen LogP) is 2.66. The number of nitrogens with zero attached hydrogens (tertiary/aromatic N) is 1. The van der Waals surface area contributed by atoms with Crippen LogP contribution in [0, 0.1) is 17.1 Å². The Morgan fingerprint density at radius 1 is 1.59 bits per heavy atom. The molecule has 0 bridgehead atoms. The molecule has 0 aliphatic rings. The molecule has 0 spiro atoms. The van der Waals surface area contributed by atoms with Crippen LogP contribution in [0.25, 0.3) is 5.57 Å². The molecule has 0 aliphatic heterocycles. The molecule has 0 aromatic heterocycles. The second kappa shape index (κ2) is 5.80. The number of ether oxygens (including phenoxy) is 1. The Balaban J connectivity index is 3.01. The summed E-state index contributed by atoms with van der Waals surface area (Å²) in [6, 6.07) is 5.87.